The SMILES string of the molecule is COC(=O)C(CC(C)C)NC(=O)COC(=O)C1CCN(C(=O)/C=C/c2ccccc2)CC1. The molecule has 0 radical (unpaired) electrons. The fourth-order valence-corrected chi connectivity index (χ4v) is 3.49. The molecule has 174 valence electrons. The van der Waals surface area contributed by atoms with Crippen molar-refractivity contribution in [1.29, 1.82) is 0 Å². The molecule has 1 heterocycles. The summed E-state index contributed by atoms with van der Waals surface area (Å²) in [5, 5.41) is 2.56. The van der Waals surface area contributed by atoms with Crippen molar-refractivity contribution < 1.29 is 28.7 Å². The van der Waals surface area contributed by atoms with Gasteiger partial charge in [-0.2, -0.15) is 0 Å². The van der Waals surface area contributed by atoms with Crippen LogP contribution >= 0.6 is 0 Å². The molecule has 0 aromatic heterocycles. The van der Waals surface area contributed by atoms with Crippen LogP contribution in [-0.2, 0) is 28.7 Å². The van der Waals surface area contributed by atoms with Gasteiger partial charge in [0.15, 0.2) is 6.61 Å². The van der Waals surface area contributed by atoms with Crippen molar-refractivity contribution in [1.82, 2.24) is 10.2 Å². The Morgan fingerprint density at radius 1 is 1.12 bits per heavy atom. The van der Waals surface area contributed by atoms with E-state index in [-0.39, 0.29) is 17.7 Å². The summed E-state index contributed by atoms with van der Waals surface area (Å²) in [5.74, 6) is -1.83. The highest BCUT2D eigenvalue weighted by Crippen LogP contribution is 2.19. The van der Waals surface area contributed by atoms with Crippen LogP contribution < -0.4 is 5.32 Å². The van der Waals surface area contributed by atoms with Crippen molar-refractivity contribution in [2.75, 3.05) is 26.8 Å². The van der Waals surface area contributed by atoms with Gasteiger partial charge in [0.05, 0.1) is 13.0 Å². The molecule has 1 atom stereocenters. The zero-order valence-electron chi connectivity index (χ0n) is 18.9. The van der Waals surface area contributed by atoms with E-state index in [4.69, 9.17) is 9.47 Å². The molecule has 0 bridgehead atoms. The molecule has 1 aromatic rings. The summed E-state index contributed by atoms with van der Waals surface area (Å²) in [5.41, 5.74) is 0.945. The van der Waals surface area contributed by atoms with E-state index < -0.39 is 30.5 Å². The van der Waals surface area contributed by atoms with Gasteiger partial charge in [-0.15, -0.1) is 0 Å². The standard InChI is InChI=1S/C24H32N2O6/c1-17(2)15-20(24(30)31-3)25-21(27)16-32-23(29)19-11-13-26(14-12-19)22(28)10-9-18-7-5-4-6-8-18/h4-10,17,19-20H,11-16H2,1-3H3,(H,25,27)/b10-9+. The fraction of sp³-hybridized carbons (Fsp3) is 0.500. The quantitative estimate of drug-likeness (QED) is 0.463. The summed E-state index contributed by atoms with van der Waals surface area (Å²) in [6.45, 7) is 4.29. The molecular formula is C24H32N2O6. The average molecular weight is 445 g/mol. The van der Waals surface area contributed by atoms with E-state index in [2.05, 4.69) is 5.32 Å². The second-order valence-corrected chi connectivity index (χ2v) is 8.22. The van der Waals surface area contributed by atoms with Gasteiger partial charge in [-0.25, -0.2) is 4.79 Å². The van der Waals surface area contributed by atoms with Gasteiger partial charge in [-0.05, 0) is 36.8 Å². The maximum atomic E-state index is 12.4. The van der Waals surface area contributed by atoms with Crippen LogP contribution in [0.4, 0.5) is 0 Å². The summed E-state index contributed by atoms with van der Waals surface area (Å²) in [6.07, 6.45) is 4.68. The number of likely N-dealkylation sites (tertiary alicyclic amines) is 1. The molecule has 1 unspecified atom stereocenters. The highest BCUT2D eigenvalue weighted by Gasteiger charge is 2.29. The van der Waals surface area contributed by atoms with Gasteiger partial charge in [-0.1, -0.05) is 44.2 Å². The molecular weight excluding hydrogens is 412 g/mol. The number of ether oxygens (including phenoxy) is 2. The minimum Gasteiger partial charge on any atom is -0.467 e. The number of carbonyl (C=O) groups excluding carboxylic acids is 4. The first kappa shape index (κ1) is 25.1. The van der Waals surface area contributed by atoms with Crippen molar-refractivity contribution in [3.05, 3.63) is 42.0 Å². The number of carbonyl (C=O) groups is 4. The van der Waals surface area contributed by atoms with Crippen molar-refractivity contribution in [2.24, 2.45) is 11.8 Å². The van der Waals surface area contributed by atoms with Crippen LogP contribution in [0.5, 0.6) is 0 Å². The molecule has 1 aliphatic rings. The Bertz CT molecular complexity index is 813. The largest absolute Gasteiger partial charge is 0.467 e. The predicted molar refractivity (Wildman–Crippen MR) is 119 cm³/mol. The normalized spacial score (nSPS) is 15.4. The summed E-state index contributed by atoms with van der Waals surface area (Å²) in [7, 11) is 1.26. The molecule has 32 heavy (non-hydrogen) atoms. The molecule has 1 aliphatic heterocycles. The van der Waals surface area contributed by atoms with Crippen LogP contribution in [0.3, 0.4) is 0 Å². The molecule has 8 heteroatoms. The first-order chi connectivity index (χ1) is 15.3. The van der Waals surface area contributed by atoms with E-state index in [1.165, 1.54) is 13.2 Å². The zero-order valence-corrected chi connectivity index (χ0v) is 18.9. The predicted octanol–water partition coefficient (Wildman–Crippen LogP) is 2.19. The van der Waals surface area contributed by atoms with E-state index in [1.54, 1.807) is 11.0 Å². The van der Waals surface area contributed by atoms with Crippen LogP contribution in [0.2, 0.25) is 0 Å². The Labute approximate surface area is 188 Å². The molecule has 1 saturated heterocycles. The summed E-state index contributed by atoms with van der Waals surface area (Å²) >= 11 is 0. The highest BCUT2D eigenvalue weighted by molar-refractivity contribution is 5.92. The van der Waals surface area contributed by atoms with E-state index in [0.29, 0.717) is 32.4 Å². The molecule has 1 N–H and O–H groups in total. The molecule has 0 spiro atoms. The topological polar surface area (TPSA) is 102 Å². The molecule has 1 fully saturated rings. The zero-order chi connectivity index (χ0) is 23.5. The Kier molecular flexibility index (Phi) is 9.91. The smallest absolute Gasteiger partial charge is 0.328 e. The van der Waals surface area contributed by atoms with Crippen molar-refractivity contribution in [3.8, 4) is 0 Å². The Morgan fingerprint density at radius 3 is 2.38 bits per heavy atom. The van der Waals surface area contributed by atoms with E-state index in [9.17, 15) is 19.2 Å². The number of piperidine rings is 1. The average Bonchev–Trinajstić information content (AvgIpc) is 2.80. The third kappa shape index (κ3) is 8.17. The monoisotopic (exact) mass is 444 g/mol. The second kappa shape index (κ2) is 12.6. The van der Waals surface area contributed by atoms with Crippen LogP contribution in [0.15, 0.2) is 36.4 Å². The number of nitrogens with zero attached hydrogens (tertiary/aromatic N) is 1. The molecule has 2 rings (SSSR count). The van der Waals surface area contributed by atoms with Gasteiger partial charge >= 0.3 is 11.9 Å². The number of hydrogen-bond donors (Lipinski definition) is 1. The lowest BCUT2D eigenvalue weighted by molar-refractivity contribution is -0.155. The Hall–Kier alpha value is -3.16. The third-order valence-electron chi connectivity index (χ3n) is 5.23. The second-order valence-electron chi connectivity index (χ2n) is 8.22. The van der Waals surface area contributed by atoms with Crippen molar-refractivity contribution in [3.63, 3.8) is 0 Å². The van der Waals surface area contributed by atoms with E-state index >= 15 is 0 Å². The fourth-order valence-electron chi connectivity index (χ4n) is 3.49. The first-order valence-electron chi connectivity index (χ1n) is 10.9. The van der Waals surface area contributed by atoms with Gasteiger partial charge in [0, 0.05) is 19.2 Å². The van der Waals surface area contributed by atoms with E-state index in [1.807, 2.05) is 44.2 Å². The Balaban J connectivity index is 1.75. The van der Waals surface area contributed by atoms with Crippen LogP contribution in [0.25, 0.3) is 6.08 Å². The van der Waals surface area contributed by atoms with E-state index in [0.717, 1.165) is 5.56 Å². The number of benzene rings is 1. The highest BCUT2D eigenvalue weighted by atomic mass is 16.5. The number of nitrogens with one attached hydrogen (secondary N) is 1. The third-order valence-corrected chi connectivity index (χ3v) is 5.23. The van der Waals surface area contributed by atoms with Crippen LogP contribution in [0, 0.1) is 11.8 Å². The summed E-state index contributed by atoms with van der Waals surface area (Å²) in [4.78, 5) is 50.3. The summed E-state index contributed by atoms with van der Waals surface area (Å²) < 4.78 is 9.85. The van der Waals surface area contributed by atoms with Crippen molar-refractivity contribution >= 4 is 29.8 Å². The number of esters is 2. The van der Waals surface area contributed by atoms with Gasteiger partial charge in [-0.3, -0.25) is 14.4 Å². The lowest BCUT2D eigenvalue weighted by atomic mass is 9.97. The lowest BCUT2D eigenvalue weighted by Gasteiger charge is -2.30. The number of methoxy groups -OCH3 is 1. The van der Waals surface area contributed by atoms with Gasteiger partial charge < -0.3 is 19.7 Å². The van der Waals surface area contributed by atoms with Gasteiger partial charge in [0.25, 0.3) is 5.91 Å². The minimum atomic E-state index is -0.774. The molecule has 1 aromatic carbocycles. The number of amides is 2. The first-order valence-corrected chi connectivity index (χ1v) is 10.9. The Morgan fingerprint density at radius 2 is 1.78 bits per heavy atom. The maximum absolute atomic E-state index is 12.4. The van der Waals surface area contributed by atoms with Crippen molar-refractivity contribution in [2.45, 2.75) is 39.2 Å². The molecule has 8 nitrogen and oxygen atoms in total. The molecule has 2 amide bonds. The molecule has 0 saturated carbocycles. The lowest BCUT2D eigenvalue weighted by Crippen LogP contribution is -2.44. The van der Waals surface area contributed by atoms with Crippen LogP contribution in [-0.4, -0.2) is 61.5 Å². The summed E-state index contributed by atoms with van der Waals surface area (Å²) in [6, 6.07) is 8.78. The van der Waals surface area contributed by atoms with Gasteiger partial charge in [0.1, 0.15) is 6.04 Å². The maximum Gasteiger partial charge on any atom is 0.328 e. The molecule has 0 aliphatic carbocycles. The minimum absolute atomic E-state index is 0.0981. The van der Waals surface area contributed by atoms with Gasteiger partial charge in [0.2, 0.25) is 5.91 Å². The number of rotatable bonds is 9. The van der Waals surface area contributed by atoms with Crippen LogP contribution in [0.1, 0.15) is 38.7 Å². The number of hydrogen-bond acceptors (Lipinski definition) is 6.